The second-order valence-electron chi connectivity index (χ2n) is 2.97. The number of rotatable bonds is 5. The van der Waals surface area contributed by atoms with E-state index in [1.54, 1.807) is 0 Å². The third-order valence-corrected chi connectivity index (χ3v) is 1.80. The Balaban J connectivity index is 4.76. The van der Waals surface area contributed by atoms with E-state index < -0.39 is 31.2 Å². The van der Waals surface area contributed by atoms with Gasteiger partial charge >= 0.3 is 5.97 Å². The first-order chi connectivity index (χ1) is 6.01. The number of carboxylic acids is 1. The highest BCUT2D eigenvalue weighted by Crippen LogP contribution is 2.18. The van der Waals surface area contributed by atoms with Gasteiger partial charge in [-0.15, -0.1) is 0 Å². The predicted molar refractivity (Wildman–Crippen MR) is 45.1 cm³/mol. The van der Waals surface area contributed by atoms with Crippen LogP contribution in [-0.2, 0) is 4.79 Å². The maximum atomic E-state index is 10.4. The van der Waals surface area contributed by atoms with Crippen molar-refractivity contribution in [3.8, 4) is 0 Å². The third kappa shape index (κ3) is 3.14. The number of aliphatic hydroxyl groups excluding tert-OH is 3. The molecule has 0 aliphatic rings. The molecule has 0 aliphatic carbocycles. The minimum atomic E-state index is -1.25. The standard InChI is InChI=1S/C8H14O5/c1-6(7(12)13)2-8(3-9,4-10)5-11/h2,9-11H,3-5H2,1H3,(H,12,13)/b6-2+. The molecule has 0 aromatic heterocycles. The SMILES string of the molecule is C/C(=C\C(CO)(CO)CO)C(=O)O. The van der Waals surface area contributed by atoms with Crippen molar-refractivity contribution in [2.45, 2.75) is 6.92 Å². The zero-order valence-electron chi connectivity index (χ0n) is 7.40. The fourth-order valence-corrected chi connectivity index (χ4v) is 0.808. The molecular weight excluding hydrogens is 176 g/mol. The van der Waals surface area contributed by atoms with Gasteiger partial charge in [0, 0.05) is 5.57 Å². The number of carbonyl (C=O) groups is 1. The molecule has 0 aliphatic heterocycles. The topological polar surface area (TPSA) is 98.0 Å². The summed E-state index contributed by atoms with van der Waals surface area (Å²) >= 11 is 0. The van der Waals surface area contributed by atoms with Crippen LogP contribution in [0.4, 0.5) is 0 Å². The van der Waals surface area contributed by atoms with E-state index in [2.05, 4.69) is 0 Å². The van der Waals surface area contributed by atoms with Gasteiger partial charge in [-0.05, 0) is 6.92 Å². The molecular formula is C8H14O5. The Hall–Kier alpha value is -0.910. The summed E-state index contributed by atoms with van der Waals surface area (Å²) in [7, 11) is 0. The Morgan fingerprint density at radius 1 is 1.23 bits per heavy atom. The van der Waals surface area contributed by atoms with Crippen molar-refractivity contribution in [2.75, 3.05) is 19.8 Å². The zero-order valence-corrected chi connectivity index (χ0v) is 7.40. The average molecular weight is 190 g/mol. The van der Waals surface area contributed by atoms with Crippen molar-refractivity contribution in [1.29, 1.82) is 0 Å². The van der Waals surface area contributed by atoms with Crippen LogP contribution in [0, 0.1) is 5.41 Å². The first kappa shape index (κ1) is 12.1. The summed E-state index contributed by atoms with van der Waals surface area (Å²) in [6.45, 7) is -0.155. The first-order valence-corrected chi connectivity index (χ1v) is 3.76. The van der Waals surface area contributed by atoms with Crippen molar-refractivity contribution in [3.63, 3.8) is 0 Å². The summed E-state index contributed by atoms with van der Waals surface area (Å²) in [6.07, 6.45) is 1.16. The van der Waals surface area contributed by atoms with Crippen LogP contribution < -0.4 is 0 Å². The molecule has 5 heteroatoms. The van der Waals surface area contributed by atoms with Crippen LogP contribution >= 0.6 is 0 Å². The van der Waals surface area contributed by atoms with Crippen LogP contribution in [0.2, 0.25) is 0 Å². The lowest BCUT2D eigenvalue weighted by Gasteiger charge is -2.23. The van der Waals surface area contributed by atoms with E-state index >= 15 is 0 Å². The Bertz CT molecular complexity index is 196. The molecule has 0 heterocycles. The lowest BCUT2D eigenvalue weighted by Crippen LogP contribution is -2.32. The van der Waals surface area contributed by atoms with Gasteiger partial charge in [-0.25, -0.2) is 4.79 Å². The van der Waals surface area contributed by atoms with Crippen molar-refractivity contribution in [1.82, 2.24) is 0 Å². The zero-order chi connectivity index (χ0) is 10.5. The van der Waals surface area contributed by atoms with Gasteiger partial charge in [0.1, 0.15) is 0 Å². The number of aliphatic carboxylic acids is 1. The summed E-state index contributed by atoms with van der Waals surface area (Å²) in [4.78, 5) is 10.4. The molecule has 0 unspecified atom stereocenters. The van der Waals surface area contributed by atoms with Gasteiger partial charge in [0.2, 0.25) is 0 Å². The average Bonchev–Trinajstić information content (AvgIpc) is 2.14. The highest BCUT2D eigenvalue weighted by atomic mass is 16.4. The maximum Gasteiger partial charge on any atom is 0.330 e. The molecule has 0 rings (SSSR count). The molecule has 0 radical (unpaired) electrons. The molecule has 0 atom stereocenters. The Labute approximate surface area is 75.9 Å². The predicted octanol–water partition coefficient (Wildman–Crippen LogP) is -1.02. The van der Waals surface area contributed by atoms with Gasteiger partial charge in [0.15, 0.2) is 0 Å². The third-order valence-electron chi connectivity index (χ3n) is 1.80. The second kappa shape index (κ2) is 4.96. The Morgan fingerprint density at radius 2 is 1.62 bits per heavy atom. The van der Waals surface area contributed by atoms with Gasteiger partial charge in [0.05, 0.1) is 25.2 Å². The van der Waals surface area contributed by atoms with Crippen LogP contribution in [0.5, 0.6) is 0 Å². The summed E-state index contributed by atoms with van der Waals surface area (Å²) in [5.41, 5.74) is -1.26. The highest BCUT2D eigenvalue weighted by Gasteiger charge is 2.26. The molecule has 13 heavy (non-hydrogen) atoms. The van der Waals surface area contributed by atoms with E-state index in [0.29, 0.717) is 0 Å². The van der Waals surface area contributed by atoms with Crippen molar-refractivity contribution in [3.05, 3.63) is 11.6 Å². The normalized spacial score (nSPS) is 13.1. The summed E-state index contributed by atoms with van der Waals surface area (Å²) < 4.78 is 0. The van der Waals surface area contributed by atoms with Crippen molar-refractivity contribution >= 4 is 5.97 Å². The van der Waals surface area contributed by atoms with E-state index in [1.165, 1.54) is 6.92 Å². The molecule has 0 fully saturated rings. The minimum absolute atomic E-state index is 0.0165. The molecule has 0 aromatic carbocycles. The Morgan fingerprint density at radius 3 is 1.85 bits per heavy atom. The van der Waals surface area contributed by atoms with E-state index in [-0.39, 0.29) is 5.57 Å². The number of hydrogen-bond acceptors (Lipinski definition) is 4. The molecule has 0 bridgehead atoms. The number of aliphatic hydroxyl groups is 3. The van der Waals surface area contributed by atoms with Gasteiger partial charge in [-0.3, -0.25) is 0 Å². The molecule has 0 saturated carbocycles. The van der Waals surface area contributed by atoms with E-state index in [9.17, 15) is 4.79 Å². The van der Waals surface area contributed by atoms with Gasteiger partial charge in [-0.1, -0.05) is 6.08 Å². The van der Waals surface area contributed by atoms with Gasteiger partial charge in [-0.2, -0.15) is 0 Å². The highest BCUT2D eigenvalue weighted by molar-refractivity contribution is 5.85. The fourth-order valence-electron chi connectivity index (χ4n) is 0.808. The summed E-state index contributed by atoms with van der Waals surface area (Å²) in [5.74, 6) is -1.14. The largest absolute Gasteiger partial charge is 0.478 e. The number of hydrogen-bond donors (Lipinski definition) is 4. The molecule has 76 valence electrons. The molecule has 5 nitrogen and oxygen atoms in total. The Kier molecular flexibility index (Phi) is 4.61. The molecule has 0 spiro atoms. The lowest BCUT2D eigenvalue weighted by molar-refractivity contribution is -0.132. The van der Waals surface area contributed by atoms with E-state index in [1.807, 2.05) is 0 Å². The van der Waals surface area contributed by atoms with Crippen LogP contribution in [0.25, 0.3) is 0 Å². The molecule has 0 saturated heterocycles. The van der Waals surface area contributed by atoms with Crippen molar-refractivity contribution < 1.29 is 25.2 Å². The van der Waals surface area contributed by atoms with Gasteiger partial charge in [0.25, 0.3) is 0 Å². The summed E-state index contributed by atoms with van der Waals surface area (Å²) in [5, 5.41) is 35.1. The van der Waals surface area contributed by atoms with Gasteiger partial charge < -0.3 is 20.4 Å². The van der Waals surface area contributed by atoms with Crippen LogP contribution in [0.15, 0.2) is 11.6 Å². The van der Waals surface area contributed by atoms with Crippen molar-refractivity contribution in [2.24, 2.45) is 5.41 Å². The maximum absolute atomic E-state index is 10.4. The molecule has 0 aromatic rings. The summed E-state index contributed by atoms with van der Waals surface area (Å²) in [6, 6.07) is 0. The van der Waals surface area contributed by atoms with Crippen LogP contribution in [-0.4, -0.2) is 46.2 Å². The minimum Gasteiger partial charge on any atom is -0.478 e. The fraction of sp³-hybridized carbons (Fsp3) is 0.625. The smallest absolute Gasteiger partial charge is 0.330 e. The second-order valence-corrected chi connectivity index (χ2v) is 2.97. The first-order valence-electron chi connectivity index (χ1n) is 3.76. The molecule has 4 N–H and O–H groups in total. The quantitative estimate of drug-likeness (QED) is 0.416. The monoisotopic (exact) mass is 190 g/mol. The van der Waals surface area contributed by atoms with Crippen LogP contribution in [0.3, 0.4) is 0 Å². The van der Waals surface area contributed by atoms with E-state index in [0.717, 1.165) is 6.08 Å². The molecule has 0 amide bonds. The van der Waals surface area contributed by atoms with E-state index in [4.69, 9.17) is 20.4 Å². The van der Waals surface area contributed by atoms with Crippen LogP contribution in [0.1, 0.15) is 6.92 Å². The number of carboxylic acid groups (broad SMARTS) is 1. The lowest BCUT2D eigenvalue weighted by atomic mass is 9.89.